The van der Waals surface area contributed by atoms with Gasteiger partial charge in [-0.1, -0.05) is 56.5 Å². The second-order valence-corrected chi connectivity index (χ2v) is 7.14. The summed E-state index contributed by atoms with van der Waals surface area (Å²) in [6, 6.07) is 9.12. The molecule has 0 radical (unpaired) electrons. The lowest BCUT2D eigenvalue weighted by Crippen LogP contribution is -2.40. The molecule has 3 heteroatoms. The molecular weight excluding hydrogens is 296 g/mol. The van der Waals surface area contributed by atoms with Crippen molar-refractivity contribution < 1.29 is 4.79 Å². The number of likely N-dealkylation sites (tertiary alicyclic amines) is 1. The second kappa shape index (κ2) is 9.83. The highest BCUT2D eigenvalue weighted by Gasteiger charge is 2.23. The van der Waals surface area contributed by atoms with E-state index in [-0.39, 0.29) is 11.8 Å². The third-order valence-electron chi connectivity index (χ3n) is 5.37. The predicted octanol–water partition coefficient (Wildman–Crippen LogP) is 4.46. The van der Waals surface area contributed by atoms with Gasteiger partial charge in [-0.05, 0) is 51.3 Å². The third kappa shape index (κ3) is 5.34. The van der Waals surface area contributed by atoms with E-state index in [1.54, 1.807) is 0 Å². The number of benzene rings is 1. The van der Waals surface area contributed by atoms with Crippen LogP contribution in [-0.4, -0.2) is 30.4 Å². The highest BCUT2D eigenvalue weighted by Crippen LogP contribution is 2.24. The van der Waals surface area contributed by atoms with E-state index >= 15 is 0 Å². The second-order valence-electron chi connectivity index (χ2n) is 7.14. The van der Waals surface area contributed by atoms with Gasteiger partial charge >= 0.3 is 0 Å². The molecule has 24 heavy (non-hydrogen) atoms. The lowest BCUT2D eigenvalue weighted by molar-refractivity contribution is -0.125. The summed E-state index contributed by atoms with van der Waals surface area (Å²) in [6.07, 6.45) is 7.03. The number of aryl methyl sites for hydroxylation is 1. The summed E-state index contributed by atoms with van der Waals surface area (Å²) in [5.41, 5.74) is 2.61. The number of carbonyl (C=O) groups excluding carboxylic acids is 1. The van der Waals surface area contributed by atoms with E-state index in [1.165, 1.54) is 36.8 Å². The lowest BCUT2D eigenvalue weighted by atomic mass is 10.0. The fourth-order valence-corrected chi connectivity index (χ4v) is 3.65. The van der Waals surface area contributed by atoms with Crippen molar-refractivity contribution in [3.8, 4) is 0 Å². The normalized spacial score (nSPS) is 17.5. The van der Waals surface area contributed by atoms with E-state index in [4.69, 9.17) is 0 Å². The first-order valence-electron chi connectivity index (χ1n) is 9.74. The molecule has 1 N–H and O–H groups in total. The van der Waals surface area contributed by atoms with Gasteiger partial charge in [-0.25, -0.2) is 0 Å². The fraction of sp³-hybridized carbons (Fsp3) is 0.667. The summed E-state index contributed by atoms with van der Waals surface area (Å²) in [4.78, 5) is 15.0. The van der Waals surface area contributed by atoms with Crippen molar-refractivity contribution >= 4 is 5.91 Å². The Hall–Kier alpha value is -1.35. The molecule has 1 aromatic carbocycles. The van der Waals surface area contributed by atoms with E-state index in [1.807, 2.05) is 0 Å². The average molecular weight is 331 g/mol. The Labute approximate surface area is 147 Å². The number of carbonyl (C=O) groups is 1. The molecule has 0 bridgehead atoms. The molecule has 1 amide bonds. The van der Waals surface area contributed by atoms with E-state index in [0.717, 1.165) is 32.5 Å². The molecule has 1 unspecified atom stereocenters. The maximum Gasteiger partial charge on any atom is 0.223 e. The summed E-state index contributed by atoms with van der Waals surface area (Å²) in [7, 11) is 0. The summed E-state index contributed by atoms with van der Waals surface area (Å²) >= 11 is 0. The first-order valence-corrected chi connectivity index (χ1v) is 9.74. The van der Waals surface area contributed by atoms with E-state index < -0.39 is 0 Å². The van der Waals surface area contributed by atoms with Crippen LogP contribution in [0.15, 0.2) is 24.3 Å². The van der Waals surface area contributed by atoms with Crippen LogP contribution in [0.25, 0.3) is 0 Å². The zero-order chi connectivity index (χ0) is 17.4. The van der Waals surface area contributed by atoms with Crippen molar-refractivity contribution in [3.05, 3.63) is 35.4 Å². The van der Waals surface area contributed by atoms with Gasteiger partial charge < -0.3 is 5.32 Å². The molecule has 0 spiro atoms. The van der Waals surface area contributed by atoms with Gasteiger partial charge in [0.15, 0.2) is 0 Å². The molecule has 1 aromatic rings. The van der Waals surface area contributed by atoms with Crippen LogP contribution in [0.1, 0.15) is 69.5 Å². The summed E-state index contributed by atoms with van der Waals surface area (Å²) in [5, 5.41) is 3.23. The molecule has 0 aliphatic carbocycles. The molecule has 2 rings (SSSR count). The number of nitrogens with zero attached hydrogens (tertiary/aromatic N) is 1. The monoisotopic (exact) mass is 330 g/mol. The minimum Gasteiger partial charge on any atom is -0.354 e. The molecule has 1 aliphatic heterocycles. The Morgan fingerprint density at radius 3 is 2.17 bits per heavy atom. The molecule has 0 saturated carbocycles. The minimum absolute atomic E-state index is 0.146. The molecule has 3 nitrogen and oxygen atoms in total. The number of hydrogen-bond donors (Lipinski definition) is 1. The Bertz CT molecular complexity index is 485. The van der Waals surface area contributed by atoms with Gasteiger partial charge in [0.2, 0.25) is 5.91 Å². The van der Waals surface area contributed by atoms with Gasteiger partial charge in [0.25, 0.3) is 0 Å². The van der Waals surface area contributed by atoms with Crippen LogP contribution in [0.5, 0.6) is 0 Å². The molecule has 1 fully saturated rings. The van der Waals surface area contributed by atoms with Crippen molar-refractivity contribution in [2.75, 3.05) is 19.6 Å². The molecular formula is C21H34N2O. The van der Waals surface area contributed by atoms with E-state index in [2.05, 4.69) is 55.3 Å². The van der Waals surface area contributed by atoms with Crippen LogP contribution < -0.4 is 5.32 Å². The van der Waals surface area contributed by atoms with Gasteiger partial charge in [-0.15, -0.1) is 0 Å². The van der Waals surface area contributed by atoms with Gasteiger partial charge in [-0.3, -0.25) is 9.69 Å². The third-order valence-corrected chi connectivity index (χ3v) is 5.37. The SMILES string of the molecule is CCC(CC)C(=O)NCC(c1ccc(C)cc1)N1CCCCCC1. The van der Waals surface area contributed by atoms with Crippen LogP contribution in [-0.2, 0) is 4.79 Å². The Kier molecular flexibility index (Phi) is 7.77. The first kappa shape index (κ1) is 19.0. The fourth-order valence-electron chi connectivity index (χ4n) is 3.65. The number of nitrogens with one attached hydrogen (secondary N) is 1. The first-order chi connectivity index (χ1) is 11.7. The number of rotatable bonds is 7. The van der Waals surface area contributed by atoms with Crippen molar-refractivity contribution in [1.29, 1.82) is 0 Å². The zero-order valence-corrected chi connectivity index (χ0v) is 15.7. The van der Waals surface area contributed by atoms with Crippen molar-refractivity contribution in [2.24, 2.45) is 5.92 Å². The molecule has 134 valence electrons. The highest BCUT2D eigenvalue weighted by molar-refractivity contribution is 5.78. The van der Waals surface area contributed by atoms with Gasteiger partial charge in [-0.2, -0.15) is 0 Å². The number of hydrogen-bond acceptors (Lipinski definition) is 2. The Balaban J connectivity index is 2.09. The van der Waals surface area contributed by atoms with Crippen LogP contribution in [0.3, 0.4) is 0 Å². The van der Waals surface area contributed by atoms with Gasteiger partial charge in [0.1, 0.15) is 0 Å². The van der Waals surface area contributed by atoms with Gasteiger partial charge in [0.05, 0.1) is 6.04 Å². The summed E-state index contributed by atoms with van der Waals surface area (Å²) in [5.74, 6) is 0.361. The molecule has 1 atom stereocenters. The molecule has 1 heterocycles. The summed E-state index contributed by atoms with van der Waals surface area (Å²) in [6.45, 7) is 9.32. The van der Waals surface area contributed by atoms with Crippen LogP contribution in [0.2, 0.25) is 0 Å². The molecule has 0 aromatic heterocycles. The highest BCUT2D eigenvalue weighted by atomic mass is 16.1. The Morgan fingerprint density at radius 2 is 1.62 bits per heavy atom. The molecule has 1 aliphatic rings. The van der Waals surface area contributed by atoms with Crippen molar-refractivity contribution in [3.63, 3.8) is 0 Å². The maximum absolute atomic E-state index is 12.4. The van der Waals surface area contributed by atoms with E-state index in [0.29, 0.717) is 6.04 Å². The quantitative estimate of drug-likeness (QED) is 0.800. The van der Waals surface area contributed by atoms with Crippen molar-refractivity contribution in [1.82, 2.24) is 10.2 Å². The summed E-state index contributed by atoms with van der Waals surface area (Å²) < 4.78 is 0. The topological polar surface area (TPSA) is 32.3 Å². The van der Waals surface area contributed by atoms with Crippen LogP contribution in [0.4, 0.5) is 0 Å². The average Bonchev–Trinajstić information content (AvgIpc) is 2.87. The largest absolute Gasteiger partial charge is 0.354 e. The Morgan fingerprint density at radius 1 is 1.04 bits per heavy atom. The number of amides is 1. The minimum atomic E-state index is 0.146. The van der Waals surface area contributed by atoms with E-state index in [9.17, 15) is 4.79 Å². The van der Waals surface area contributed by atoms with Crippen LogP contribution in [0, 0.1) is 12.8 Å². The smallest absolute Gasteiger partial charge is 0.223 e. The van der Waals surface area contributed by atoms with Crippen molar-refractivity contribution in [2.45, 2.75) is 65.3 Å². The van der Waals surface area contributed by atoms with Gasteiger partial charge in [0, 0.05) is 12.5 Å². The predicted molar refractivity (Wildman–Crippen MR) is 101 cm³/mol. The van der Waals surface area contributed by atoms with Crippen LogP contribution >= 0.6 is 0 Å². The zero-order valence-electron chi connectivity index (χ0n) is 15.7. The maximum atomic E-state index is 12.4. The molecule has 1 saturated heterocycles. The lowest BCUT2D eigenvalue weighted by Gasteiger charge is -2.31. The standard InChI is InChI=1S/C21H34N2O/c1-4-18(5-2)21(24)22-16-20(19-12-10-17(3)11-13-19)23-14-8-6-7-9-15-23/h10-13,18,20H,4-9,14-16H2,1-3H3,(H,22,24).